The highest BCUT2D eigenvalue weighted by Gasteiger charge is 2.24. The molecule has 6 aromatic heterocycles. The number of para-hydroxylation sites is 11. The molecule has 9 nitrogen and oxygen atoms in total. The number of nitrogens with zero attached hydrogens (tertiary/aromatic N) is 9. The fourth-order valence-electron chi connectivity index (χ4n) is 19.4. The fraction of sp³-hybridized carbons (Fsp3) is 0.0413. The van der Waals surface area contributed by atoms with E-state index in [9.17, 15) is 0 Å². The SMILES string of the molecule is CC(C)(C)c1ccc(-c2nnc(-c3ccc(-c4ccccc4)cc3)n2-c2ccccc2)cc1.[B]CP.c1ccc2c(c1)c1ccccc1n2-c1ccc(-c2ccc(-n3c4ccccc4c4ccccc43)cc2)cc1.c1ccc2c(c1)c1ccccc1n2-c1ccc(N(c2ccc(-n3c4ccccc4c4ccccc43)cc2)c2ccc(-n3c4ccccc4c4ccccc43)cc2)cc1. The molecule has 628 valence electrons. The van der Waals surface area contributed by atoms with Crippen LogP contribution in [-0.4, -0.2) is 51.5 Å². The maximum absolute atomic E-state index is 4.81. The van der Waals surface area contributed by atoms with E-state index in [4.69, 9.17) is 7.85 Å². The van der Waals surface area contributed by atoms with E-state index in [2.05, 4.69) is 521 Å². The number of benzene rings is 19. The number of aromatic nitrogens is 8. The summed E-state index contributed by atoms with van der Waals surface area (Å²) < 4.78 is 14.0. The van der Waals surface area contributed by atoms with E-state index in [0.29, 0.717) is 6.06 Å². The van der Waals surface area contributed by atoms with E-state index in [0.717, 1.165) is 62.6 Å². The molecule has 0 amide bonds. The molecule has 0 aliphatic rings. The van der Waals surface area contributed by atoms with Gasteiger partial charge in [-0.25, -0.2) is 0 Å². The lowest BCUT2D eigenvalue weighted by atomic mass is 9.86. The third kappa shape index (κ3) is 14.9. The highest BCUT2D eigenvalue weighted by atomic mass is 31.0. The quantitative estimate of drug-likeness (QED) is 0.0854. The third-order valence-electron chi connectivity index (χ3n) is 25.5. The lowest BCUT2D eigenvalue weighted by molar-refractivity contribution is 0.590. The van der Waals surface area contributed by atoms with E-state index >= 15 is 0 Å². The first-order valence-electron chi connectivity index (χ1n) is 45.0. The maximum atomic E-state index is 4.81. The molecule has 0 bridgehead atoms. The molecule has 0 aliphatic carbocycles. The number of hydrogen-bond donors (Lipinski definition) is 0. The number of rotatable bonds is 13. The first-order chi connectivity index (χ1) is 65.1. The summed E-state index contributed by atoms with van der Waals surface area (Å²) in [6.45, 7) is 6.68. The first kappa shape index (κ1) is 81.4. The second-order valence-electron chi connectivity index (χ2n) is 34.4. The van der Waals surface area contributed by atoms with Crippen molar-refractivity contribution in [2.75, 3.05) is 11.0 Å². The minimum atomic E-state index is 0.108. The smallest absolute Gasteiger partial charge is 0.168 e. The number of fused-ring (bicyclic) bond motifs is 15. The maximum Gasteiger partial charge on any atom is 0.168 e. The van der Waals surface area contributed by atoms with Crippen molar-refractivity contribution >= 4 is 143 Å². The van der Waals surface area contributed by atoms with Crippen molar-refractivity contribution < 1.29 is 0 Å². The highest BCUT2D eigenvalue weighted by Crippen LogP contribution is 2.43. The van der Waals surface area contributed by atoms with Gasteiger partial charge in [-0.15, -0.1) is 19.4 Å². The van der Waals surface area contributed by atoms with Crippen molar-refractivity contribution in [3.05, 3.63) is 479 Å². The van der Waals surface area contributed by atoms with Gasteiger partial charge in [-0.1, -0.05) is 330 Å². The van der Waals surface area contributed by atoms with E-state index in [1.807, 2.05) is 24.3 Å². The van der Waals surface area contributed by atoms with Gasteiger partial charge in [-0.2, -0.15) is 0 Å². The molecule has 19 aromatic carbocycles. The van der Waals surface area contributed by atoms with Crippen LogP contribution >= 0.6 is 9.24 Å². The summed E-state index contributed by atoms with van der Waals surface area (Å²) in [7, 11) is 7.17. The zero-order valence-corrected chi connectivity index (χ0v) is 74.6. The Morgan fingerprint density at radius 1 is 0.205 bits per heavy atom. The lowest BCUT2D eigenvalue weighted by Crippen LogP contribution is -2.10. The third-order valence-corrected chi connectivity index (χ3v) is 25.5. The molecular weight excluding hydrogens is 1620 g/mol. The molecule has 0 spiro atoms. The van der Waals surface area contributed by atoms with Gasteiger partial charge in [0.2, 0.25) is 0 Å². The summed E-state index contributed by atoms with van der Waals surface area (Å²) in [6, 6.07) is 170. The van der Waals surface area contributed by atoms with Gasteiger partial charge in [0.1, 0.15) is 0 Å². The fourth-order valence-corrected chi connectivity index (χ4v) is 19.4. The average Bonchev–Trinajstić information content (AvgIpc) is 1.56. The highest BCUT2D eigenvalue weighted by molar-refractivity contribution is 7.19. The van der Waals surface area contributed by atoms with E-state index in [1.165, 1.54) is 148 Å². The van der Waals surface area contributed by atoms with Gasteiger partial charge in [0, 0.05) is 116 Å². The van der Waals surface area contributed by atoms with Crippen LogP contribution in [0.1, 0.15) is 26.3 Å². The van der Waals surface area contributed by atoms with Gasteiger partial charge in [0.25, 0.3) is 0 Å². The Kier molecular flexibility index (Phi) is 21.6. The molecule has 25 rings (SSSR count). The summed E-state index contributed by atoms with van der Waals surface area (Å²) in [5, 5.41) is 21.9. The minimum Gasteiger partial charge on any atom is -0.310 e. The Morgan fingerprint density at radius 3 is 0.614 bits per heavy atom. The van der Waals surface area contributed by atoms with Crippen molar-refractivity contribution in [3.63, 3.8) is 0 Å². The summed E-state index contributed by atoms with van der Waals surface area (Å²) in [4.78, 5) is 2.36. The lowest BCUT2D eigenvalue weighted by Gasteiger charge is -2.26. The molecule has 0 saturated heterocycles. The molecule has 25 aromatic rings. The molecule has 2 radical (unpaired) electrons. The van der Waals surface area contributed by atoms with Crippen LogP contribution in [-0.2, 0) is 5.41 Å². The predicted octanol–water partition coefficient (Wildman–Crippen LogP) is 31.5. The summed E-state index contributed by atoms with van der Waals surface area (Å²) in [6.07, 6.45) is 0. The Labute approximate surface area is 770 Å². The van der Waals surface area contributed by atoms with Crippen molar-refractivity contribution in [1.82, 2.24) is 37.6 Å². The van der Waals surface area contributed by atoms with Crippen LogP contribution in [0.2, 0.25) is 0 Å². The van der Waals surface area contributed by atoms with Crippen LogP contribution in [0.15, 0.2) is 473 Å². The van der Waals surface area contributed by atoms with Crippen LogP contribution in [0, 0.1) is 0 Å². The number of hydrogen-bond acceptors (Lipinski definition) is 3. The van der Waals surface area contributed by atoms with Crippen LogP contribution < -0.4 is 4.90 Å². The Morgan fingerprint density at radius 2 is 0.379 bits per heavy atom. The Hall–Kier alpha value is -16.4. The largest absolute Gasteiger partial charge is 0.310 e. The second-order valence-corrected chi connectivity index (χ2v) is 34.8. The van der Waals surface area contributed by atoms with Crippen molar-refractivity contribution in [2.24, 2.45) is 0 Å². The first-order valence-corrected chi connectivity index (χ1v) is 45.8. The van der Waals surface area contributed by atoms with Gasteiger partial charge >= 0.3 is 0 Å². The molecule has 0 N–H and O–H groups in total. The molecule has 132 heavy (non-hydrogen) atoms. The van der Waals surface area contributed by atoms with Crippen LogP contribution in [0.4, 0.5) is 17.1 Å². The average molecular weight is 1710 g/mol. The topological polar surface area (TPSA) is 58.6 Å². The standard InChI is InChI=1S/C54H36N4.C36H24N2.C30H27N3.CH4BP/c1-7-19-49-43(13-1)44-14-2-8-20-50(44)56(49)40-31-25-37(26-32-40)55(38-27-33-41(34-28-38)57-51-21-9-3-15-45(51)46-16-4-10-22-52(46)57)39-29-35-42(36-30-39)58-53-23-11-5-17-47(53)48-18-6-12-24-54(48)58;1-5-13-33-29(9-1)30-10-2-6-14-34(30)37(33)27-21-17-25(18-22-27)26-19-23-28(24-20-26)38-35-15-7-3-11-31(35)32-12-4-8-16-36(32)38;1-30(2,3)26-20-18-25(19-21-26)29-32-31-28(33(29)27-12-8-5-9-13-27)24-16-14-23(15-17-24)22-10-6-4-7-11-22;2-1-3/h1-36H;1-24H;4-21H,1-3H3;1,3H2. The number of anilines is 3. The second kappa shape index (κ2) is 35.0. The van der Waals surface area contributed by atoms with Crippen LogP contribution in [0.25, 0.3) is 188 Å². The normalized spacial score (nSPS) is 11.5. The summed E-state index contributed by atoms with van der Waals surface area (Å²) in [5.41, 5.74) is 30.5. The summed E-state index contributed by atoms with van der Waals surface area (Å²) in [5.74, 6) is 1.67. The van der Waals surface area contributed by atoms with Crippen LogP contribution in [0.5, 0.6) is 0 Å². The zero-order valence-electron chi connectivity index (χ0n) is 73.4. The minimum absolute atomic E-state index is 0.108. The molecular formula is C121H91BN9P. The van der Waals surface area contributed by atoms with Crippen LogP contribution in [0.3, 0.4) is 0 Å². The monoisotopic (exact) mass is 1710 g/mol. The molecule has 0 fully saturated rings. The van der Waals surface area contributed by atoms with Gasteiger partial charge in [-0.05, 0) is 203 Å². The zero-order chi connectivity index (χ0) is 88.8. The summed E-state index contributed by atoms with van der Waals surface area (Å²) >= 11 is 0. The van der Waals surface area contributed by atoms with Crippen molar-refractivity contribution in [2.45, 2.75) is 26.2 Å². The Bertz CT molecular complexity index is 7700. The van der Waals surface area contributed by atoms with Gasteiger partial charge in [-0.3, -0.25) is 4.57 Å². The van der Waals surface area contributed by atoms with E-state index < -0.39 is 0 Å². The molecule has 1 atom stereocenters. The molecule has 0 aliphatic heterocycles. The van der Waals surface area contributed by atoms with Crippen molar-refractivity contribution in [3.8, 4) is 79.2 Å². The van der Waals surface area contributed by atoms with E-state index in [-0.39, 0.29) is 5.41 Å². The van der Waals surface area contributed by atoms with Gasteiger partial charge in [0.05, 0.1) is 63.0 Å². The molecule has 6 heterocycles. The van der Waals surface area contributed by atoms with Crippen molar-refractivity contribution in [1.29, 1.82) is 0 Å². The molecule has 11 heteroatoms. The van der Waals surface area contributed by atoms with E-state index in [1.54, 1.807) is 0 Å². The molecule has 0 saturated carbocycles. The predicted molar refractivity (Wildman–Crippen MR) is 561 cm³/mol. The van der Waals surface area contributed by atoms with Gasteiger partial charge < -0.3 is 27.7 Å². The van der Waals surface area contributed by atoms with Gasteiger partial charge in [0.15, 0.2) is 11.6 Å². The Balaban J connectivity index is 0.000000120. The molecule has 1 unspecified atom stereocenters.